The zero-order chi connectivity index (χ0) is 23.5. The Morgan fingerprint density at radius 1 is 1.06 bits per heavy atom. The highest BCUT2D eigenvalue weighted by molar-refractivity contribution is 6.46. The van der Waals surface area contributed by atoms with Crippen molar-refractivity contribution in [3.8, 4) is 5.75 Å². The number of halogens is 1. The molecular weight excluding hydrogens is 440 g/mol. The van der Waals surface area contributed by atoms with E-state index in [9.17, 15) is 14.7 Å². The molecule has 1 aromatic heterocycles. The van der Waals surface area contributed by atoms with E-state index in [1.807, 2.05) is 19.9 Å². The van der Waals surface area contributed by atoms with Gasteiger partial charge in [-0.15, -0.1) is 0 Å². The Kier molecular flexibility index (Phi) is 6.47. The molecule has 0 spiro atoms. The summed E-state index contributed by atoms with van der Waals surface area (Å²) >= 11 is 6.06. The minimum Gasteiger partial charge on any atom is -0.507 e. The van der Waals surface area contributed by atoms with Crippen LogP contribution < -0.4 is 4.74 Å². The van der Waals surface area contributed by atoms with E-state index in [-0.39, 0.29) is 24.0 Å². The quantitative estimate of drug-likeness (QED) is 0.311. The van der Waals surface area contributed by atoms with Crippen LogP contribution in [0.25, 0.3) is 5.76 Å². The number of nitrogens with zero attached hydrogens (tertiary/aromatic N) is 2. The van der Waals surface area contributed by atoms with Crippen LogP contribution in [0, 0.1) is 0 Å². The summed E-state index contributed by atoms with van der Waals surface area (Å²) in [5.74, 6) is -1.04. The molecule has 3 aromatic rings. The van der Waals surface area contributed by atoms with Crippen LogP contribution >= 0.6 is 11.6 Å². The number of hydrogen-bond donors (Lipinski definition) is 1. The maximum absolute atomic E-state index is 13.1. The van der Waals surface area contributed by atoms with E-state index in [1.165, 1.54) is 4.90 Å². The minimum atomic E-state index is -0.782. The lowest BCUT2D eigenvalue weighted by Crippen LogP contribution is -2.29. The summed E-state index contributed by atoms with van der Waals surface area (Å²) in [6.07, 6.45) is 1.63. The molecule has 2 heterocycles. The first-order valence-electron chi connectivity index (χ1n) is 10.6. The lowest BCUT2D eigenvalue weighted by atomic mass is 9.95. The van der Waals surface area contributed by atoms with Crippen LogP contribution in [-0.2, 0) is 16.1 Å². The van der Waals surface area contributed by atoms with Gasteiger partial charge >= 0.3 is 0 Å². The average molecular weight is 463 g/mol. The van der Waals surface area contributed by atoms with Crippen molar-refractivity contribution in [3.63, 3.8) is 0 Å². The number of carbonyl (C=O) groups excluding carboxylic acids is 2. The Labute approximate surface area is 197 Å². The van der Waals surface area contributed by atoms with Crippen molar-refractivity contribution in [2.24, 2.45) is 0 Å². The monoisotopic (exact) mass is 462 g/mol. The molecule has 1 aliphatic rings. The summed E-state index contributed by atoms with van der Waals surface area (Å²) in [7, 11) is 0. The third kappa shape index (κ3) is 4.76. The molecule has 4 rings (SSSR count). The lowest BCUT2D eigenvalue weighted by Gasteiger charge is -2.25. The van der Waals surface area contributed by atoms with Crippen LogP contribution in [0.3, 0.4) is 0 Å². The molecule has 1 aliphatic heterocycles. The SMILES string of the molecule is CC(C)Oc1ccc(/C(O)=C2\C(=O)C(=O)N(Cc3ccccn3)C2c2ccc(Cl)cc2)cc1. The predicted octanol–water partition coefficient (Wildman–Crippen LogP) is 5.14. The number of amides is 1. The van der Waals surface area contributed by atoms with Gasteiger partial charge in [-0.1, -0.05) is 29.8 Å². The van der Waals surface area contributed by atoms with Gasteiger partial charge in [-0.2, -0.15) is 0 Å². The molecule has 168 valence electrons. The normalized spacial score (nSPS) is 17.6. The van der Waals surface area contributed by atoms with Gasteiger partial charge < -0.3 is 14.7 Å². The number of aliphatic hydroxyl groups is 1. The number of likely N-dealkylation sites (tertiary alicyclic amines) is 1. The summed E-state index contributed by atoms with van der Waals surface area (Å²) in [6.45, 7) is 3.96. The molecule has 0 radical (unpaired) electrons. The highest BCUT2D eigenvalue weighted by Crippen LogP contribution is 2.40. The van der Waals surface area contributed by atoms with Crippen LogP contribution in [0.2, 0.25) is 5.02 Å². The van der Waals surface area contributed by atoms with E-state index < -0.39 is 17.7 Å². The fourth-order valence-corrected chi connectivity index (χ4v) is 3.95. The number of aliphatic hydroxyl groups excluding tert-OH is 1. The molecule has 1 unspecified atom stereocenters. The lowest BCUT2D eigenvalue weighted by molar-refractivity contribution is -0.140. The van der Waals surface area contributed by atoms with Gasteiger partial charge in [0, 0.05) is 16.8 Å². The third-order valence-electron chi connectivity index (χ3n) is 5.28. The Morgan fingerprint density at radius 3 is 2.36 bits per heavy atom. The number of rotatable bonds is 6. The van der Waals surface area contributed by atoms with Gasteiger partial charge in [0.2, 0.25) is 0 Å². The zero-order valence-electron chi connectivity index (χ0n) is 18.2. The van der Waals surface area contributed by atoms with E-state index in [4.69, 9.17) is 16.3 Å². The van der Waals surface area contributed by atoms with E-state index >= 15 is 0 Å². The van der Waals surface area contributed by atoms with Gasteiger partial charge in [0.05, 0.1) is 30.0 Å². The summed E-state index contributed by atoms with van der Waals surface area (Å²) in [5, 5.41) is 11.7. The van der Waals surface area contributed by atoms with Gasteiger partial charge in [-0.05, 0) is 67.9 Å². The molecule has 33 heavy (non-hydrogen) atoms. The third-order valence-corrected chi connectivity index (χ3v) is 5.54. The standard InChI is InChI=1S/C26H23ClN2O4/c1-16(2)33-21-12-8-18(9-13-21)24(30)22-23(17-6-10-19(27)11-7-17)29(26(32)25(22)31)15-20-5-3-4-14-28-20/h3-14,16,23,30H,15H2,1-2H3/b24-22+. The van der Waals surface area contributed by atoms with Crippen molar-refractivity contribution in [1.82, 2.24) is 9.88 Å². The Hall–Kier alpha value is -3.64. The second-order valence-corrected chi connectivity index (χ2v) is 8.43. The summed E-state index contributed by atoms with van der Waals surface area (Å²) in [4.78, 5) is 31.9. The first-order valence-corrected chi connectivity index (χ1v) is 10.9. The second kappa shape index (κ2) is 9.46. The van der Waals surface area contributed by atoms with Crippen molar-refractivity contribution >= 4 is 29.1 Å². The molecule has 0 saturated carbocycles. The average Bonchev–Trinajstić information content (AvgIpc) is 3.05. The largest absolute Gasteiger partial charge is 0.507 e. The summed E-state index contributed by atoms with van der Waals surface area (Å²) in [6, 6.07) is 18.2. The number of carbonyl (C=O) groups is 2. The summed E-state index contributed by atoms with van der Waals surface area (Å²) in [5.41, 5.74) is 1.74. The molecular formula is C26H23ClN2O4. The minimum absolute atomic E-state index is 0.00581. The maximum Gasteiger partial charge on any atom is 0.296 e. The highest BCUT2D eigenvalue weighted by Gasteiger charge is 2.46. The molecule has 2 aromatic carbocycles. The zero-order valence-corrected chi connectivity index (χ0v) is 19.0. The number of ether oxygens (including phenoxy) is 1. The van der Waals surface area contributed by atoms with Gasteiger partial charge in [0.15, 0.2) is 0 Å². The predicted molar refractivity (Wildman–Crippen MR) is 126 cm³/mol. The first-order chi connectivity index (χ1) is 15.8. The number of hydrogen-bond acceptors (Lipinski definition) is 5. The molecule has 6 nitrogen and oxygen atoms in total. The van der Waals surface area contributed by atoms with Crippen LogP contribution in [0.5, 0.6) is 5.75 Å². The topological polar surface area (TPSA) is 79.7 Å². The second-order valence-electron chi connectivity index (χ2n) is 7.99. The highest BCUT2D eigenvalue weighted by atomic mass is 35.5. The van der Waals surface area contributed by atoms with Crippen molar-refractivity contribution < 1.29 is 19.4 Å². The molecule has 1 fully saturated rings. The molecule has 1 atom stereocenters. The molecule has 0 aliphatic carbocycles. The fourth-order valence-electron chi connectivity index (χ4n) is 3.82. The van der Waals surface area contributed by atoms with Crippen molar-refractivity contribution in [3.05, 3.63) is 100 Å². The van der Waals surface area contributed by atoms with Crippen LogP contribution in [0.15, 0.2) is 78.5 Å². The van der Waals surface area contributed by atoms with Gasteiger partial charge in [0.1, 0.15) is 11.5 Å². The van der Waals surface area contributed by atoms with Crippen molar-refractivity contribution in [2.45, 2.75) is 32.5 Å². The molecule has 1 N–H and O–H groups in total. The molecule has 1 amide bonds. The van der Waals surface area contributed by atoms with Crippen LogP contribution in [-0.4, -0.2) is 32.8 Å². The van der Waals surface area contributed by atoms with Gasteiger partial charge in [0.25, 0.3) is 11.7 Å². The maximum atomic E-state index is 13.1. The number of pyridine rings is 1. The van der Waals surface area contributed by atoms with E-state index in [2.05, 4.69) is 4.98 Å². The fraction of sp³-hybridized carbons (Fsp3) is 0.192. The summed E-state index contributed by atoms with van der Waals surface area (Å²) < 4.78 is 5.65. The van der Waals surface area contributed by atoms with E-state index in [1.54, 1.807) is 66.9 Å². The van der Waals surface area contributed by atoms with Crippen LogP contribution in [0.4, 0.5) is 0 Å². The Balaban J connectivity index is 1.79. The van der Waals surface area contributed by atoms with Gasteiger partial charge in [-0.25, -0.2) is 0 Å². The molecule has 7 heteroatoms. The smallest absolute Gasteiger partial charge is 0.296 e. The number of aromatic nitrogens is 1. The van der Waals surface area contributed by atoms with Crippen molar-refractivity contribution in [1.29, 1.82) is 0 Å². The van der Waals surface area contributed by atoms with Crippen molar-refractivity contribution in [2.75, 3.05) is 0 Å². The molecule has 0 bridgehead atoms. The van der Waals surface area contributed by atoms with E-state index in [0.29, 0.717) is 27.6 Å². The number of Topliss-reactive ketones (excluding diaryl/α,β-unsaturated/α-hetero) is 1. The number of ketones is 1. The van der Waals surface area contributed by atoms with E-state index in [0.717, 1.165) is 0 Å². The molecule has 1 saturated heterocycles. The van der Waals surface area contributed by atoms with Gasteiger partial charge in [-0.3, -0.25) is 14.6 Å². The first kappa shape index (κ1) is 22.6. The van der Waals surface area contributed by atoms with Crippen LogP contribution in [0.1, 0.15) is 36.7 Å². The number of benzene rings is 2. The Bertz CT molecular complexity index is 1190. The Morgan fingerprint density at radius 2 is 1.76 bits per heavy atom.